The van der Waals surface area contributed by atoms with Crippen molar-refractivity contribution < 1.29 is 32.7 Å². The number of carbonyl (C=O) groups is 3. The summed E-state index contributed by atoms with van der Waals surface area (Å²) in [4.78, 5) is 36.0. The largest absolute Gasteiger partial charge is 0.388 e. The van der Waals surface area contributed by atoms with Crippen molar-refractivity contribution in [3.05, 3.63) is 100 Å². The Morgan fingerprint density at radius 2 is 1.49 bits per heavy atom. The lowest BCUT2D eigenvalue weighted by Gasteiger charge is -2.14. The monoisotopic (exact) mass is 537 g/mol. The summed E-state index contributed by atoms with van der Waals surface area (Å²) in [6.07, 6.45) is 0.416. The molecule has 5 N–H and O–H groups in total. The standard InChI is InChI=1S/C29H26F3N3O4/c30-23-15-12-20(27(31)28(23)32)2-1-3-26(38)34-22-13-8-19(9-14-22)5-4-18-6-10-21(11-7-18)29(39)35-24(16-33)25(37)17-36/h6-15,24,36H,1-3,16-17,33H2,(H,34,38)(H,35,39)/t24-/m0/s1. The zero-order chi connectivity index (χ0) is 28.4. The van der Waals surface area contributed by atoms with E-state index in [1.165, 1.54) is 0 Å². The number of aliphatic hydroxyl groups excluding tert-OH is 1. The predicted octanol–water partition coefficient (Wildman–Crippen LogP) is 3.08. The maximum absolute atomic E-state index is 13.7. The molecule has 3 aromatic carbocycles. The fourth-order valence-electron chi connectivity index (χ4n) is 3.53. The molecular weight excluding hydrogens is 511 g/mol. The third kappa shape index (κ3) is 8.26. The van der Waals surface area contributed by atoms with Crippen LogP contribution in [0.25, 0.3) is 0 Å². The number of ketones is 1. The number of halogens is 3. The van der Waals surface area contributed by atoms with E-state index in [1.807, 2.05) is 0 Å². The lowest BCUT2D eigenvalue weighted by atomic mass is 10.1. The molecule has 3 rings (SSSR count). The van der Waals surface area contributed by atoms with Gasteiger partial charge in [0.25, 0.3) is 5.91 Å². The Balaban J connectivity index is 1.50. The average molecular weight is 538 g/mol. The zero-order valence-electron chi connectivity index (χ0n) is 20.8. The number of benzene rings is 3. The van der Waals surface area contributed by atoms with E-state index in [4.69, 9.17) is 10.8 Å². The number of Topliss-reactive ketones (excluding diaryl/α,β-unsaturated/α-hetero) is 1. The number of anilines is 1. The van der Waals surface area contributed by atoms with Crippen LogP contribution in [0.15, 0.2) is 60.7 Å². The highest BCUT2D eigenvalue weighted by Crippen LogP contribution is 2.17. The van der Waals surface area contributed by atoms with Crippen molar-refractivity contribution in [1.82, 2.24) is 5.32 Å². The number of hydrogen-bond acceptors (Lipinski definition) is 5. The maximum Gasteiger partial charge on any atom is 0.251 e. The number of aryl methyl sites for hydroxylation is 1. The summed E-state index contributed by atoms with van der Waals surface area (Å²) in [6, 6.07) is 14.2. The first-order valence-corrected chi connectivity index (χ1v) is 12.0. The SMILES string of the molecule is NC[C@H](NC(=O)c1ccc(C#Cc2ccc(NC(=O)CCCc3ccc(F)c(F)c3F)cc2)cc1)C(=O)CO. The first-order valence-electron chi connectivity index (χ1n) is 12.0. The second-order valence-corrected chi connectivity index (χ2v) is 8.53. The van der Waals surface area contributed by atoms with Gasteiger partial charge in [0.05, 0.1) is 0 Å². The molecule has 2 amide bonds. The third-order valence-electron chi connectivity index (χ3n) is 5.72. The van der Waals surface area contributed by atoms with Gasteiger partial charge in [-0.15, -0.1) is 0 Å². The summed E-state index contributed by atoms with van der Waals surface area (Å²) in [7, 11) is 0. The van der Waals surface area contributed by atoms with E-state index in [1.54, 1.807) is 48.5 Å². The minimum Gasteiger partial charge on any atom is -0.388 e. The van der Waals surface area contributed by atoms with Crippen molar-refractivity contribution in [3.8, 4) is 11.8 Å². The molecule has 0 aliphatic carbocycles. The Labute approximate surface area is 223 Å². The fourth-order valence-corrected chi connectivity index (χ4v) is 3.53. The summed E-state index contributed by atoms with van der Waals surface area (Å²) < 4.78 is 40.0. The normalized spacial score (nSPS) is 11.2. The molecule has 0 saturated heterocycles. The molecule has 0 aliphatic heterocycles. The van der Waals surface area contributed by atoms with E-state index in [0.29, 0.717) is 22.4 Å². The number of nitrogens with two attached hydrogens (primary N) is 1. The summed E-state index contributed by atoms with van der Waals surface area (Å²) >= 11 is 0. The van der Waals surface area contributed by atoms with Crippen molar-refractivity contribution in [2.45, 2.75) is 25.3 Å². The van der Waals surface area contributed by atoms with E-state index in [-0.39, 0.29) is 37.3 Å². The minimum absolute atomic E-state index is 0.0114. The van der Waals surface area contributed by atoms with Crippen LogP contribution in [0.2, 0.25) is 0 Å². The van der Waals surface area contributed by atoms with Gasteiger partial charge in [-0.1, -0.05) is 17.9 Å². The molecular formula is C29H26F3N3O4. The molecule has 0 spiro atoms. The van der Waals surface area contributed by atoms with Crippen LogP contribution in [0.3, 0.4) is 0 Å². The van der Waals surface area contributed by atoms with Gasteiger partial charge < -0.3 is 21.5 Å². The molecule has 7 nitrogen and oxygen atoms in total. The van der Waals surface area contributed by atoms with Gasteiger partial charge in [-0.05, 0) is 73.0 Å². The molecule has 0 radical (unpaired) electrons. The van der Waals surface area contributed by atoms with Crippen molar-refractivity contribution in [3.63, 3.8) is 0 Å². The number of carbonyl (C=O) groups excluding carboxylic acids is 3. The molecule has 0 bridgehead atoms. The average Bonchev–Trinajstić information content (AvgIpc) is 2.95. The Bertz CT molecular complexity index is 1400. The van der Waals surface area contributed by atoms with Gasteiger partial charge in [-0.25, -0.2) is 13.2 Å². The molecule has 0 fully saturated rings. The molecule has 0 unspecified atom stereocenters. The van der Waals surface area contributed by atoms with Crippen molar-refractivity contribution in [2.75, 3.05) is 18.5 Å². The van der Waals surface area contributed by atoms with Crippen LogP contribution < -0.4 is 16.4 Å². The topological polar surface area (TPSA) is 122 Å². The molecule has 0 aliphatic rings. The van der Waals surface area contributed by atoms with Gasteiger partial charge >= 0.3 is 0 Å². The first-order chi connectivity index (χ1) is 18.7. The van der Waals surface area contributed by atoms with Crippen LogP contribution in [0, 0.1) is 29.3 Å². The lowest BCUT2D eigenvalue weighted by Crippen LogP contribution is -2.46. The molecule has 3 aromatic rings. The first kappa shape index (κ1) is 29.1. The highest BCUT2D eigenvalue weighted by molar-refractivity contribution is 5.98. The summed E-state index contributed by atoms with van der Waals surface area (Å²) in [5, 5.41) is 14.1. The minimum atomic E-state index is -1.52. The summed E-state index contributed by atoms with van der Waals surface area (Å²) in [6.45, 7) is -0.841. The van der Waals surface area contributed by atoms with Gasteiger partial charge in [-0.3, -0.25) is 14.4 Å². The molecule has 0 saturated carbocycles. The Hall–Kier alpha value is -4.46. The molecule has 39 heavy (non-hydrogen) atoms. The van der Waals surface area contributed by atoms with Crippen LogP contribution in [-0.2, 0) is 16.0 Å². The van der Waals surface area contributed by atoms with Crippen molar-refractivity contribution >= 4 is 23.3 Å². The van der Waals surface area contributed by atoms with Crippen molar-refractivity contribution in [2.24, 2.45) is 5.73 Å². The van der Waals surface area contributed by atoms with Crippen LogP contribution in [0.5, 0.6) is 0 Å². The van der Waals surface area contributed by atoms with Gasteiger partial charge in [0.15, 0.2) is 23.2 Å². The maximum atomic E-state index is 13.7. The second-order valence-electron chi connectivity index (χ2n) is 8.53. The highest BCUT2D eigenvalue weighted by atomic mass is 19.2. The number of nitrogens with one attached hydrogen (secondary N) is 2. The molecule has 10 heteroatoms. The molecule has 202 valence electrons. The van der Waals surface area contributed by atoms with Crippen LogP contribution >= 0.6 is 0 Å². The van der Waals surface area contributed by atoms with Crippen LogP contribution in [-0.4, -0.2) is 41.9 Å². The smallest absolute Gasteiger partial charge is 0.251 e. The van der Waals surface area contributed by atoms with E-state index in [2.05, 4.69) is 22.5 Å². The number of rotatable bonds is 10. The highest BCUT2D eigenvalue weighted by Gasteiger charge is 2.19. The van der Waals surface area contributed by atoms with E-state index >= 15 is 0 Å². The fraction of sp³-hybridized carbons (Fsp3) is 0.207. The van der Waals surface area contributed by atoms with Gasteiger partial charge in [0, 0.05) is 35.3 Å². The van der Waals surface area contributed by atoms with E-state index in [9.17, 15) is 27.6 Å². The molecule has 0 heterocycles. The van der Waals surface area contributed by atoms with Crippen molar-refractivity contribution in [1.29, 1.82) is 0 Å². The van der Waals surface area contributed by atoms with Crippen LogP contribution in [0.4, 0.5) is 18.9 Å². The number of amides is 2. The van der Waals surface area contributed by atoms with Gasteiger partial charge in [0.2, 0.25) is 5.91 Å². The Morgan fingerprint density at radius 1 is 0.872 bits per heavy atom. The van der Waals surface area contributed by atoms with Crippen LogP contribution in [0.1, 0.15) is 39.9 Å². The second kappa shape index (κ2) is 13.9. The number of hydrogen-bond donors (Lipinski definition) is 4. The molecule has 0 aromatic heterocycles. The Morgan fingerprint density at radius 3 is 2.08 bits per heavy atom. The lowest BCUT2D eigenvalue weighted by molar-refractivity contribution is -0.123. The summed E-state index contributed by atoms with van der Waals surface area (Å²) in [5.74, 6) is 0.554. The summed E-state index contributed by atoms with van der Waals surface area (Å²) in [5.41, 5.74) is 7.64. The van der Waals surface area contributed by atoms with E-state index in [0.717, 1.165) is 12.1 Å². The number of aliphatic hydroxyl groups is 1. The van der Waals surface area contributed by atoms with Gasteiger partial charge in [-0.2, -0.15) is 0 Å². The molecule has 1 atom stereocenters. The van der Waals surface area contributed by atoms with E-state index < -0.39 is 41.8 Å². The quantitative estimate of drug-likeness (QED) is 0.234. The third-order valence-corrected chi connectivity index (χ3v) is 5.72. The predicted molar refractivity (Wildman–Crippen MR) is 139 cm³/mol. The zero-order valence-corrected chi connectivity index (χ0v) is 20.8. The Kier molecular flexibility index (Phi) is 10.4. The van der Waals surface area contributed by atoms with Gasteiger partial charge in [0.1, 0.15) is 12.6 Å².